The molecule has 0 radical (unpaired) electrons. The van der Waals surface area contributed by atoms with E-state index in [9.17, 15) is 13.2 Å². The highest BCUT2D eigenvalue weighted by molar-refractivity contribution is 5.61. The van der Waals surface area contributed by atoms with Crippen LogP contribution in [0.4, 0.5) is 42.4 Å². The van der Waals surface area contributed by atoms with Crippen molar-refractivity contribution in [1.29, 1.82) is 0 Å². The van der Waals surface area contributed by atoms with Crippen LogP contribution in [0.25, 0.3) is 0 Å². The molecular formula is C21H21F3N6O2. The van der Waals surface area contributed by atoms with Gasteiger partial charge in [-0.25, -0.2) is 0 Å². The van der Waals surface area contributed by atoms with E-state index >= 15 is 0 Å². The highest BCUT2D eigenvalue weighted by Crippen LogP contribution is 2.31. The van der Waals surface area contributed by atoms with Gasteiger partial charge in [-0.1, -0.05) is 12.1 Å². The van der Waals surface area contributed by atoms with Crippen LogP contribution in [-0.2, 0) is 10.9 Å². The van der Waals surface area contributed by atoms with Crippen LogP contribution in [0.5, 0.6) is 5.75 Å². The van der Waals surface area contributed by atoms with Crippen molar-refractivity contribution in [1.82, 2.24) is 15.0 Å². The van der Waals surface area contributed by atoms with Gasteiger partial charge in [-0.05, 0) is 30.3 Å². The maximum absolute atomic E-state index is 13.1. The number of nitrogens with one attached hydrogen (secondary N) is 2. The van der Waals surface area contributed by atoms with E-state index < -0.39 is 11.7 Å². The first kappa shape index (κ1) is 21.6. The van der Waals surface area contributed by atoms with Crippen molar-refractivity contribution in [3.05, 3.63) is 54.1 Å². The fourth-order valence-corrected chi connectivity index (χ4v) is 3.11. The van der Waals surface area contributed by atoms with E-state index in [1.54, 1.807) is 19.2 Å². The third-order valence-corrected chi connectivity index (χ3v) is 4.69. The van der Waals surface area contributed by atoms with Gasteiger partial charge in [-0.2, -0.15) is 28.1 Å². The monoisotopic (exact) mass is 446 g/mol. The Morgan fingerprint density at radius 3 is 2.16 bits per heavy atom. The Morgan fingerprint density at radius 2 is 1.53 bits per heavy atom. The van der Waals surface area contributed by atoms with Gasteiger partial charge >= 0.3 is 6.18 Å². The fourth-order valence-electron chi connectivity index (χ4n) is 3.11. The van der Waals surface area contributed by atoms with Crippen molar-refractivity contribution in [3.8, 4) is 5.75 Å². The minimum absolute atomic E-state index is 0.117. The zero-order chi connectivity index (χ0) is 22.6. The smallest absolute Gasteiger partial charge is 0.416 e. The number of aromatic nitrogens is 3. The second kappa shape index (κ2) is 9.27. The molecule has 2 N–H and O–H groups in total. The highest BCUT2D eigenvalue weighted by atomic mass is 19.4. The van der Waals surface area contributed by atoms with Gasteiger partial charge in [-0.15, -0.1) is 0 Å². The molecular weight excluding hydrogens is 425 g/mol. The molecule has 0 spiro atoms. The van der Waals surface area contributed by atoms with E-state index in [1.807, 2.05) is 17.0 Å². The van der Waals surface area contributed by atoms with Gasteiger partial charge in [0.25, 0.3) is 0 Å². The Bertz CT molecular complexity index is 1070. The summed E-state index contributed by atoms with van der Waals surface area (Å²) in [6.07, 6.45) is -4.45. The zero-order valence-corrected chi connectivity index (χ0v) is 17.2. The molecule has 2 heterocycles. The summed E-state index contributed by atoms with van der Waals surface area (Å²) in [6.45, 7) is 2.23. The van der Waals surface area contributed by atoms with Gasteiger partial charge in [0.15, 0.2) is 0 Å². The van der Waals surface area contributed by atoms with Crippen LogP contribution >= 0.6 is 0 Å². The molecule has 4 rings (SSSR count). The van der Waals surface area contributed by atoms with Gasteiger partial charge in [0.1, 0.15) is 5.75 Å². The van der Waals surface area contributed by atoms with Crippen LogP contribution in [0.15, 0.2) is 48.5 Å². The Kier molecular flexibility index (Phi) is 6.26. The molecule has 168 valence electrons. The number of benzene rings is 2. The zero-order valence-electron chi connectivity index (χ0n) is 17.2. The maximum Gasteiger partial charge on any atom is 0.416 e. The minimum atomic E-state index is -4.45. The molecule has 1 aromatic heterocycles. The quantitative estimate of drug-likeness (QED) is 0.582. The number of alkyl halides is 3. The lowest BCUT2D eigenvalue weighted by Crippen LogP contribution is -2.37. The first-order valence-corrected chi connectivity index (χ1v) is 9.85. The molecule has 0 aliphatic carbocycles. The van der Waals surface area contributed by atoms with Gasteiger partial charge in [0.05, 0.1) is 25.9 Å². The average Bonchev–Trinajstić information content (AvgIpc) is 2.79. The summed E-state index contributed by atoms with van der Waals surface area (Å²) in [7, 11) is 1.57. The normalized spacial score (nSPS) is 14.2. The lowest BCUT2D eigenvalue weighted by atomic mass is 10.2. The molecule has 1 fully saturated rings. The van der Waals surface area contributed by atoms with Crippen molar-refractivity contribution in [2.45, 2.75) is 6.18 Å². The number of hydrogen-bond acceptors (Lipinski definition) is 8. The average molecular weight is 446 g/mol. The summed E-state index contributed by atoms with van der Waals surface area (Å²) in [4.78, 5) is 15.2. The Labute approximate surface area is 182 Å². The predicted molar refractivity (Wildman–Crippen MR) is 114 cm³/mol. The lowest BCUT2D eigenvalue weighted by molar-refractivity contribution is -0.137. The molecule has 32 heavy (non-hydrogen) atoms. The first-order valence-electron chi connectivity index (χ1n) is 9.85. The first-order chi connectivity index (χ1) is 15.4. The fraction of sp³-hybridized carbons (Fsp3) is 0.286. The van der Waals surface area contributed by atoms with E-state index in [1.165, 1.54) is 12.1 Å². The molecule has 0 unspecified atom stereocenters. The van der Waals surface area contributed by atoms with E-state index in [4.69, 9.17) is 9.47 Å². The second-order valence-electron chi connectivity index (χ2n) is 6.94. The van der Waals surface area contributed by atoms with Crippen LogP contribution in [-0.4, -0.2) is 48.4 Å². The number of halogens is 3. The third-order valence-electron chi connectivity index (χ3n) is 4.69. The molecule has 8 nitrogen and oxygen atoms in total. The second-order valence-corrected chi connectivity index (χ2v) is 6.94. The number of rotatable bonds is 6. The SMILES string of the molecule is COc1cccc(Nc2nc(Nc3cccc(C(F)(F)F)c3)nc(N3CCOCC3)n2)c1. The van der Waals surface area contributed by atoms with Crippen molar-refractivity contribution in [2.24, 2.45) is 0 Å². The molecule has 1 aliphatic rings. The van der Waals surface area contributed by atoms with E-state index in [0.717, 1.165) is 12.1 Å². The van der Waals surface area contributed by atoms with Crippen LogP contribution in [0.1, 0.15) is 5.56 Å². The molecule has 0 amide bonds. The van der Waals surface area contributed by atoms with Gasteiger partial charge in [-0.3, -0.25) is 0 Å². The lowest BCUT2D eigenvalue weighted by Gasteiger charge is -2.27. The molecule has 1 saturated heterocycles. The van der Waals surface area contributed by atoms with Gasteiger partial charge < -0.3 is 25.0 Å². The molecule has 11 heteroatoms. The summed E-state index contributed by atoms with van der Waals surface area (Å²) >= 11 is 0. The Morgan fingerprint density at radius 1 is 0.906 bits per heavy atom. The summed E-state index contributed by atoms with van der Waals surface area (Å²) < 4.78 is 49.8. The highest BCUT2D eigenvalue weighted by Gasteiger charge is 2.30. The van der Waals surface area contributed by atoms with Crippen molar-refractivity contribution < 1.29 is 22.6 Å². The summed E-state index contributed by atoms with van der Waals surface area (Å²) in [5.74, 6) is 1.40. The molecule has 0 bridgehead atoms. The van der Waals surface area contributed by atoms with Gasteiger partial charge in [0, 0.05) is 30.5 Å². The van der Waals surface area contributed by atoms with Crippen molar-refractivity contribution >= 4 is 29.2 Å². The predicted octanol–water partition coefficient (Wildman–Crippen LogP) is 4.22. The molecule has 1 aliphatic heterocycles. The number of nitrogens with zero attached hydrogens (tertiary/aromatic N) is 4. The number of ether oxygens (including phenoxy) is 2. The van der Waals surface area contributed by atoms with E-state index in [-0.39, 0.29) is 17.6 Å². The topological polar surface area (TPSA) is 84.4 Å². The number of morpholine rings is 1. The molecule has 3 aromatic rings. The molecule has 0 atom stereocenters. The van der Waals surface area contributed by atoms with Crippen LogP contribution in [0.2, 0.25) is 0 Å². The summed E-state index contributed by atoms with van der Waals surface area (Å²) in [5.41, 5.74) is 0.138. The number of anilines is 5. The molecule has 0 saturated carbocycles. The maximum atomic E-state index is 13.1. The van der Waals surface area contributed by atoms with Crippen LogP contribution in [0.3, 0.4) is 0 Å². The third kappa shape index (κ3) is 5.35. The largest absolute Gasteiger partial charge is 0.497 e. The van der Waals surface area contributed by atoms with Crippen LogP contribution in [0, 0.1) is 0 Å². The minimum Gasteiger partial charge on any atom is -0.497 e. The van der Waals surface area contributed by atoms with Crippen molar-refractivity contribution in [2.75, 3.05) is 48.9 Å². The number of hydrogen-bond donors (Lipinski definition) is 2. The van der Waals surface area contributed by atoms with E-state index in [0.29, 0.717) is 43.7 Å². The summed E-state index contributed by atoms with van der Waals surface area (Å²) in [6, 6.07) is 12.1. The Balaban J connectivity index is 1.65. The standard InChI is InChI=1S/C21H21F3N6O2/c1-31-17-7-3-6-16(13-17)26-19-27-18(28-20(29-19)30-8-10-32-11-9-30)25-15-5-2-4-14(12-15)21(22,23)24/h2-7,12-13H,8-11H2,1H3,(H2,25,26,27,28,29). The summed E-state index contributed by atoms with van der Waals surface area (Å²) in [5, 5.41) is 5.96. The van der Waals surface area contributed by atoms with Crippen LogP contribution < -0.4 is 20.3 Å². The van der Waals surface area contributed by atoms with Gasteiger partial charge in [0.2, 0.25) is 17.8 Å². The van der Waals surface area contributed by atoms with Crippen molar-refractivity contribution in [3.63, 3.8) is 0 Å². The Hall–Kier alpha value is -3.60. The van der Waals surface area contributed by atoms with E-state index in [2.05, 4.69) is 25.6 Å². The number of methoxy groups -OCH3 is 1. The molecule has 2 aromatic carbocycles.